The van der Waals surface area contributed by atoms with E-state index in [9.17, 15) is 18.0 Å². The Labute approximate surface area is 164 Å². The van der Waals surface area contributed by atoms with Crippen molar-refractivity contribution in [1.82, 2.24) is 10.2 Å². The largest absolute Gasteiger partial charge is 0.408 e. The number of amides is 1. The molecule has 1 aromatic carbocycles. The molecule has 1 fully saturated rings. The Balaban J connectivity index is 2.48. The monoisotopic (exact) mass is 404 g/mol. The molecule has 1 heterocycles. The Morgan fingerprint density at radius 2 is 1.74 bits per heavy atom. The minimum atomic E-state index is -4.54. The molecule has 0 aliphatic carbocycles. The number of hydrogen-bond acceptors (Lipinski definition) is 2. The van der Waals surface area contributed by atoms with Gasteiger partial charge in [0, 0.05) is 17.6 Å². The van der Waals surface area contributed by atoms with E-state index in [4.69, 9.17) is 11.6 Å². The van der Waals surface area contributed by atoms with Gasteiger partial charge in [-0.25, -0.2) is 0 Å². The van der Waals surface area contributed by atoms with Crippen LogP contribution in [0, 0.1) is 11.8 Å². The van der Waals surface area contributed by atoms with Gasteiger partial charge in [-0.3, -0.25) is 9.69 Å². The molecule has 2 rings (SSSR count). The Morgan fingerprint density at radius 1 is 1.15 bits per heavy atom. The highest BCUT2D eigenvalue weighted by atomic mass is 35.5. The number of rotatable bonds is 6. The van der Waals surface area contributed by atoms with Gasteiger partial charge < -0.3 is 5.32 Å². The summed E-state index contributed by atoms with van der Waals surface area (Å²) in [4.78, 5) is 14.0. The lowest BCUT2D eigenvalue weighted by Gasteiger charge is -2.45. The van der Waals surface area contributed by atoms with Crippen molar-refractivity contribution >= 4 is 17.5 Å². The standard InChI is InChI=1S/C20H28ClF3N2O/c1-12(2)9-14-11-26(17(10-13(3)4)19(27)25-14)18(20(22,23)24)15-7-5-6-8-16(15)21/h5-8,12-14,17-18H,9-11H2,1-4H3,(H,25,27)/t14-,17-,18-/m0/s1. The Bertz CT molecular complexity index is 648. The second-order valence-corrected chi connectivity index (χ2v) is 8.55. The normalized spacial score (nSPS) is 23.0. The Hall–Kier alpha value is -1.27. The van der Waals surface area contributed by atoms with Crippen molar-refractivity contribution in [2.24, 2.45) is 11.8 Å². The first kappa shape index (κ1) is 22.0. The molecule has 1 amide bonds. The van der Waals surface area contributed by atoms with Crippen LogP contribution in [0.1, 0.15) is 52.1 Å². The van der Waals surface area contributed by atoms with Gasteiger partial charge in [-0.05, 0) is 36.3 Å². The molecule has 0 radical (unpaired) electrons. The van der Waals surface area contributed by atoms with Crippen LogP contribution >= 0.6 is 11.6 Å². The van der Waals surface area contributed by atoms with Crippen LogP contribution < -0.4 is 5.32 Å². The fraction of sp³-hybridized carbons (Fsp3) is 0.650. The summed E-state index contributed by atoms with van der Waals surface area (Å²) in [6.07, 6.45) is -3.55. The van der Waals surface area contributed by atoms with E-state index in [0.29, 0.717) is 12.8 Å². The number of hydrogen-bond donors (Lipinski definition) is 1. The van der Waals surface area contributed by atoms with Crippen molar-refractivity contribution in [3.8, 4) is 0 Å². The van der Waals surface area contributed by atoms with Crippen LogP contribution in [0.3, 0.4) is 0 Å². The first-order valence-electron chi connectivity index (χ1n) is 9.38. The topological polar surface area (TPSA) is 32.3 Å². The summed E-state index contributed by atoms with van der Waals surface area (Å²) in [6.45, 7) is 7.95. The molecule has 0 unspecified atom stereocenters. The predicted octanol–water partition coefficient (Wildman–Crippen LogP) is 5.20. The zero-order valence-electron chi connectivity index (χ0n) is 16.2. The van der Waals surface area contributed by atoms with Gasteiger partial charge in [-0.15, -0.1) is 0 Å². The first-order chi connectivity index (χ1) is 12.5. The van der Waals surface area contributed by atoms with Crippen LogP contribution in [0.15, 0.2) is 24.3 Å². The average molecular weight is 405 g/mol. The molecule has 0 aromatic heterocycles. The van der Waals surface area contributed by atoms with Crippen LogP contribution in [-0.4, -0.2) is 35.6 Å². The average Bonchev–Trinajstić information content (AvgIpc) is 2.50. The number of alkyl halides is 3. The van der Waals surface area contributed by atoms with E-state index in [-0.39, 0.29) is 40.9 Å². The van der Waals surface area contributed by atoms with Crippen LogP contribution in [-0.2, 0) is 4.79 Å². The lowest BCUT2D eigenvalue weighted by atomic mass is 9.91. The maximum absolute atomic E-state index is 14.2. The molecule has 1 aliphatic heterocycles. The molecular formula is C20H28ClF3N2O. The van der Waals surface area contributed by atoms with Crippen molar-refractivity contribution in [1.29, 1.82) is 0 Å². The summed E-state index contributed by atoms with van der Waals surface area (Å²) in [6, 6.07) is 2.96. The maximum atomic E-state index is 14.2. The molecule has 1 N–H and O–H groups in total. The molecule has 27 heavy (non-hydrogen) atoms. The molecule has 1 aromatic rings. The molecule has 3 nitrogen and oxygen atoms in total. The first-order valence-corrected chi connectivity index (χ1v) is 9.75. The summed E-state index contributed by atoms with van der Waals surface area (Å²) in [7, 11) is 0. The summed E-state index contributed by atoms with van der Waals surface area (Å²) in [5.41, 5.74) is -0.00146. The molecule has 3 atom stereocenters. The van der Waals surface area contributed by atoms with Gasteiger partial charge >= 0.3 is 6.18 Å². The van der Waals surface area contributed by atoms with Crippen molar-refractivity contribution in [3.63, 3.8) is 0 Å². The van der Waals surface area contributed by atoms with E-state index in [2.05, 4.69) is 5.32 Å². The second-order valence-electron chi connectivity index (χ2n) is 8.14. The van der Waals surface area contributed by atoms with E-state index in [1.807, 2.05) is 27.7 Å². The number of nitrogens with zero attached hydrogens (tertiary/aromatic N) is 1. The molecule has 0 saturated carbocycles. The number of piperazine rings is 1. The smallest absolute Gasteiger partial charge is 0.351 e. The van der Waals surface area contributed by atoms with Crippen molar-refractivity contribution < 1.29 is 18.0 Å². The fourth-order valence-corrected chi connectivity index (χ4v) is 4.03. The summed E-state index contributed by atoms with van der Waals surface area (Å²) in [5.74, 6) is 0.0235. The van der Waals surface area contributed by atoms with Gasteiger partial charge in [0.2, 0.25) is 5.91 Å². The second kappa shape index (κ2) is 8.82. The third kappa shape index (κ3) is 5.61. The fourth-order valence-electron chi connectivity index (χ4n) is 3.79. The number of halogens is 4. The third-order valence-corrected chi connectivity index (χ3v) is 5.12. The van der Waals surface area contributed by atoms with E-state index in [1.165, 1.54) is 17.0 Å². The molecule has 0 bridgehead atoms. The van der Waals surface area contributed by atoms with E-state index < -0.39 is 18.3 Å². The number of carbonyl (C=O) groups excluding carboxylic acids is 1. The van der Waals surface area contributed by atoms with E-state index in [1.54, 1.807) is 12.1 Å². The molecular weight excluding hydrogens is 377 g/mol. The quantitative estimate of drug-likeness (QED) is 0.706. The Morgan fingerprint density at radius 3 is 2.26 bits per heavy atom. The number of carbonyl (C=O) groups is 1. The maximum Gasteiger partial charge on any atom is 0.408 e. The van der Waals surface area contributed by atoms with Gasteiger partial charge in [0.15, 0.2) is 0 Å². The third-order valence-electron chi connectivity index (χ3n) is 4.77. The SMILES string of the molecule is CC(C)C[C@H]1CN([C@@H](c2ccccc2Cl)C(F)(F)F)[C@@H](CC(C)C)C(=O)N1. The molecule has 1 aliphatic rings. The minimum absolute atomic E-state index is 0.00146. The van der Waals surface area contributed by atoms with Gasteiger partial charge in [0.05, 0.1) is 6.04 Å². The van der Waals surface area contributed by atoms with Gasteiger partial charge in [-0.2, -0.15) is 13.2 Å². The van der Waals surface area contributed by atoms with E-state index in [0.717, 1.165) is 0 Å². The Kier molecular flexibility index (Phi) is 7.20. The summed E-state index contributed by atoms with van der Waals surface area (Å²) in [5, 5.41) is 2.99. The molecule has 7 heteroatoms. The highest BCUT2D eigenvalue weighted by Crippen LogP contribution is 2.43. The summed E-state index contributed by atoms with van der Waals surface area (Å²) >= 11 is 6.13. The molecule has 1 saturated heterocycles. The lowest BCUT2D eigenvalue weighted by molar-refractivity contribution is -0.198. The van der Waals surface area contributed by atoms with Gasteiger partial charge in [-0.1, -0.05) is 57.5 Å². The van der Waals surface area contributed by atoms with Crippen LogP contribution in [0.25, 0.3) is 0 Å². The van der Waals surface area contributed by atoms with Crippen LogP contribution in [0.2, 0.25) is 5.02 Å². The van der Waals surface area contributed by atoms with Crippen molar-refractivity contribution in [2.75, 3.05) is 6.54 Å². The zero-order valence-corrected chi connectivity index (χ0v) is 16.9. The minimum Gasteiger partial charge on any atom is -0.351 e. The van der Waals surface area contributed by atoms with Gasteiger partial charge in [0.25, 0.3) is 0 Å². The van der Waals surface area contributed by atoms with Crippen molar-refractivity contribution in [2.45, 2.75) is 64.8 Å². The van der Waals surface area contributed by atoms with Gasteiger partial charge in [0.1, 0.15) is 6.04 Å². The lowest BCUT2D eigenvalue weighted by Crippen LogP contribution is -2.62. The highest BCUT2D eigenvalue weighted by molar-refractivity contribution is 6.31. The number of nitrogens with one attached hydrogen (secondary N) is 1. The highest BCUT2D eigenvalue weighted by Gasteiger charge is 2.51. The van der Waals surface area contributed by atoms with E-state index >= 15 is 0 Å². The number of benzene rings is 1. The molecule has 0 spiro atoms. The van der Waals surface area contributed by atoms with Crippen LogP contribution in [0.4, 0.5) is 13.2 Å². The van der Waals surface area contributed by atoms with Crippen molar-refractivity contribution in [3.05, 3.63) is 34.9 Å². The zero-order chi connectivity index (χ0) is 20.4. The van der Waals surface area contributed by atoms with Crippen LogP contribution in [0.5, 0.6) is 0 Å². The predicted molar refractivity (Wildman–Crippen MR) is 102 cm³/mol. The summed E-state index contributed by atoms with van der Waals surface area (Å²) < 4.78 is 42.5. The molecule has 152 valence electrons.